The van der Waals surface area contributed by atoms with Crippen LogP contribution in [0.1, 0.15) is 63.2 Å². The van der Waals surface area contributed by atoms with Crippen molar-refractivity contribution >= 4 is 0 Å². The monoisotopic (exact) mass is 440 g/mol. The third-order valence-corrected chi connectivity index (χ3v) is 7.19. The summed E-state index contributed by atoms with van der Waals surface area (Å²) >= 11 is 0. The molecule has 1 aromatic heterocycles. The van der Waals surface area contributed by atoms with E-state index in [1.807, 2.05) is 18.2 Å². The first-order valence-corrected chi connectivity index (χ1v) is 12.2. The number of likely N-dealkylation sites (tertiary alicyclic amines) is 1. The van der Waals surface area contributed by atoms with E-state index in [2.05, 4.69) is 42.3 Å². The molecule has 2 unspecified atom stereocenters. The Hall–Kier alpha value is -1.82. The largest absolute Gasteiger partial charge is 0.496 e. The van der Waals surface area contributed by atoms with Gasteiger partial charge in [-0.05, 0) is 83.8 Å². The van der Waals surface area contributed by atoms with Crippen LogP contribution in [0.25, 0.3) is 0 Å². The standard InChI is InChI=1S/C27H40N2O3/c1-26(2)19-27(13-18-32-26,21-29-15-6-7-16-29)20-28-14-12-23(25-11-8-17-31-25)22-9-4-5-10-24(22)30-3/h4-5,8-11,17,23,28H,6-7,12-16,18-21H2,1-3H3. The third kappa shape index (κ3) is 5.75. The third-order valence-electron chi connectivity index (χ3n) is 7.19. The summed E-state index contributed by atoms with van der Waals surface area (Å²) in [6.07, 6.45) is 7.65. The highest BCUT2D eigenvalue weighted by Crippen LogP contribution is 2.40. The molecule has 176 valence electrons. The number of furan rings is 1. The van der Waals surface area contributed by atoms with Crippen molar-refractivity contribution in [1.29, 1.82) is 0 Å². The lowest BCUT2D eigenvalue weighted by Crippen LogP contribution is -2.51. The van der Waals surface area contributed by atoms with Crippen molar-refractivity contribution in [3.8, 4) is 5.75 Å². The van der Waals surface area contributed by atoms with E-state index in [4.69, 9.17) is 13.9 Å². The molecule has 2 aliphatic rings. The van der Waals surface area contributed by atoms with Gasteiger partial charge in [0.1, 0.15) is 11.5 Å². The normalized spacial score (nSPS) is 24.5. The second-order valence-corrected chi connectivity index (χ2v) is 10.3. The van der Waals surface area contributed by atoms with Gasteiger partial charge in [0.05, 0.1) is 19.0 Å². The Balaban J connectivity index is 1.42. The van der Waals surface area contributed by atoms with Crippen LogP contribution in [0.2, 0.25) is 0 Å². The SMILES string of the molecule is COc1ccccc1C(CCNCC1(CN2CCCC2)CCOC(C)(C)C1)c1ccco1. The van der Waals surface area contributed by atoms with Crippen LogP contribution in [-0.2, 0) is 4.74 Å². The van der Waals surface area contributed by atoms with Gasteiger partial charge in [-0.3, -0.25) is 0 Å². The summed E-state index contributed by atoms with van der Waals surface area (Å²) in [5.74, 6) is 2.09. The fraction of sp³-hybridized carbons (Fsp3) is 0.630. The van der Waals surface area contributed by atoms with Crippen LogP contribution in [-0.4, -0.2) is 56.9 Å². The molecule has 2 aliphatic heterocycles. The van der Waals surface area contributed by atoms with Crippen molar-refractivity contribution < 1.29 is 13.9 Å². The van der Waals surface area contributed by atoms with Crippen LogP contribution in [0, 0.1) is 5.41 Å². The average Bonchev–Trinajstić information content (AvgIpc) is 3.48. The molecule has 32 heavy (non-hydrogen) atoms. The quantitative estimate of drug-likeness (QED) is 0.523. The molecule has 1 aromatic carbocycles. The van der Waals surface area contributed by atoms with Gasteiger partial charge in [-0.25, -0.2) is 0 Å². The summed E-state index contributed by atoms with van der Waals surface area (Å²) < 4.78 is 17.6. The minimum Gasteiger partial charge on any atom is -0.496 e. The van der Waals surface area contributed by atoms with Crippen LogP contribution in [0.4, 0.5) is 0 Å². The fourth-order valence-electron chi connectivity index (χ4n) is 5.84. The summed E-state index contributed by atoms with van der Waals surface area (Å²) in [7, 11) is 1.74. The summed E-state index contributed by atoms with van der Waals surface area (Å²) in [6.45, 7) is 11.0. The first-order valence-electron chi connectivity index (χ1n) is 12.2. The maximum absolute atomic E-state index is 6.09. The Kier molecular flexibility index (Phi) is 7.59. The number of hydrogen-bond acceptors (Lipinski definition) is 5. The molecule has 0 aliphatic carbocycles. The molecule has 0 amide bonds. The number of methoxy groups -OCH3 is 1. The van der Waals surface area contributed by atoms with E-state index in [1.165, 1.54) is 38.0 Å². The minimum absolute atomic E-state index is 0.0479. The Morgan fingerprint density at radius 1 is 1.12 bits per heavy atom. The Labute approximate surface area is 193 Å². The minimum atomic E-state index is -0.0479. The van der Waals surface area contributed by atoms with Crippen molar-refractivity contribution in [2.24, 2.45) is 5.41 Å². The second kappa shape index (κ2) is 10.4. The summed E-state index contributed by atoms with van der Waals surface area (Å²) in [5.41, 5.74) is 1.41. The number of nitrogens with zero attached hydrogens (tertiary/aromatic N) is 1. The number of benzene rings is 1. The van der Waals surface area contributed by atoms with Crippen LogP contribution in [0.5, 0.6) is 5.75 Å². The summed E-state index contributed by atoms with van der Waals surface area (Å²) in [6, 6.07) is 12.3. The van der Waals surface area contributed by atoms with Crippen LogP contribution < -0.4 is 10.1 Å². The van der Waals surface area contributed by atoms with Crippen molar-refractivity contribution in [2.75, 3.05) is 46.4 Å². The highest BCUT2D eigenvalue weighted by Gasteiger charge is 2.42. The smallest absolute Gasteiger partial charge is 0.122 e. The molecule has 3 heterocycles. The van der Waals surface area contributed by atoms with Gasteiger partial charge < -0.3 is 24.1 Å². The number of para-hydroxylation sites is 1. The lowest BCUT2D eigenvalue weighted by Gasteiger charge is -2.47. The van der Waals surface area contributed by atoms with E-state index in [-0.39, 0.29) is 16.9 Å². The van der Waals surface area contributed by atoms with E-state index in [1.54, 1.807) is 13.4 Å². The van der Waals surface area contributed by atoms with Crippen molar-refractivity contribution in [2.45, 2.75) is 57.5 Å². The van der Waals surface area contributed by atoms with Crippen LogP contribution >= 0.6 is 0 Å². The zero-order chi connectivity index (χ0) is 22.4. The van der Waals surface area contributed by atoms with E-state index in [0.29, 0.717) is 0 Å². The van der Waals surface area contributed by atoms with Gasteiger partial charge >= 0.3 is 0 Å². The van der Waals surface area contributed by atoms with E-state index < -0.39 is 0 Å². The Morgan fingerprint density at radius 2 is 1.94 bits per heavy atom. The highest BCUT2D eigenvalue weighted by molar-refractivity contribution is 5.39. The van der Waals surface area contributed by atoms with E-state index >= 15 is 0 Å². The number of hydrogen-bond donors (Lipinski definition) is 1. The molecule has 5 heteroatoms. The van der Waals surface area contributed by atoms with E-state index in [0.717, 1.165) is 50.5 Å². The summed E-state index contributed by atoms with van der Waals surface area (Å²) in [5, 5.41) is 3.84. The van der Waals surface area contributed by atoms with Gasteiger partial charge in [0.2, 0.25) is 0 Å². The number of ether oxygens (including phenoxy) is 2. The fourth-order valence-corrected chi connectivity index (χ4v) is 5.84. The summed E-state index contributed by atoms with van der Waals surface area (Å²) in [4.78, 5) is 2.67. The van der Waals surface area contributed by atoms with Gasteiger partial charge in [-0.15, -0.1) is 0 Å². The molecule has 2 saturated heterocycles. The van der Waals surface area contributed by atoms with Crippen molar-refractivity contribution in [3.63, 3.8) is 0 Å². The lowest BCUT2D eigenvalue weighted by atomic mass is 9.73. The molecular formula is C27H40N2O3. The molecule has 4 rings (SSSR count). The molecule has 5 nitrogen and oxygen atoms in total. The Bertz CT molecular complexity index is 829. The predicted molar refractivity (Wildman–Crippen MR) is 128 cm³/mol. The van der Waals surface area contributed by atoms with Gasteiger partial charge in [0, 0.05) is 36.6 Å². The molecule has 2 atom stereocenters. The van der Waals surface area contributed by atoms with Crippen molar-refractivity contribution in [3.05, 3.63) is 54.0 Å². The second-order valence-electron chi connectivity index (χ2n) is 10.3. The predicted octanol–water partition coefficient (Wildman–Crippen LogP) is 5.07. The van der Waals surface area contributed by atoms with Gasteiger partial charge in [0.15, 0.2) is 0 Å². The molecule has 2 aromatic rings. The maximum atomic E-state index is 6.09. The molecule has 0 bridgehead atoms. The van der Waals surface area contributed by atoms with Crippen LogP contribution in [0.3, 0.4) is 0 Å². The first-order chi connectivity index (χ1) is 15.5. The molecular weight excluding hydrogens is 400 g/mol. The lowest BCUT2D eigenvalue weighted by molar-refractivity contribution is -0.110. The average molecular weight is 441 g/mol. The number of rotatable bonds is 10. The molecule has 0 saturated carbocycles. The number of nitrogens with one attached hydrogen (secondary N) is 1. The topological polar surface area (TPSA) is 46.9 Å². The zero-order valence-electron chi connectivity index (χ0n) is 20.1. The van der Waals surface area contributed by atoms with Gasteiger partial charge in [-0.1, -0.05) is 18.2 Å². The van der Waals surface area contributed by atoms with Crippen LogP contribution in [0.15, 0.2) is 47.1 Å². The molecule has 0 radical (unpaired) electrons. The van der Waals surface area contributed by atoms with Gasteiger partial charge in [0.25, 0.3) is 0 Å². The Morgan fingerprint density at radius 3 is 2.66 bits per heavy atom. The van der Waals surface area contributed by atoms with E-state index in [9.17, 15) is 0 Å². The zero-order valence-corrected chi connectivity index (χ0v) is 20.1. The van der Waals surface area contributed by atoms with Crippen molar-refractivity contribution in [1.82, 2.24) is 10.2 Å². The first kappa shape index (κ1) is 23.3. The maximum Gasteiger partial charge on any atom is 0.122 e. The molecule has 1 N–H and O–H groups in total. The molecule has 0 spiro atoms. The molecule has 2 fully saturated rings. The highest BCUT2D eigenvalue weighted by atomic mass is 16.5. The van der Waals surface area contributed by atoms with Gasteiger partial charge in [-0.2, -0.15) is 0 Å².